The Morgan fingerprint density at radius 3 is 0.702 bits per heavy atom. The minimum atomic E-state index is -0.758. The Kier molecular flexibility index (Phi) is 45.8. The summed E-state index contributed by atoms with van der Waals surface area (Å²) in [5.41, 5.74) is 0. The van der Waals surface area contributed by atoms with E-state index in [2.05, 4.69) is 20.8 Å². The Morgan fingerprint density at radius 2 is 0.474 bits per heavy atom. The standard InChI is InChI=1S/C51H98O6/c1-4-7-10-13-16-19-22-24-25-26-27-30-32-35-38-41-44-50(53)56-47-48(46-55-49(52)43-40-37-34-31-28-21-18-15-12-9-6-3)57-51(54)45-42-39-36-33-29-23-20-17-14-11-8-5-2/h48H,4-47H2,1-3H3/t48-/m1/s1. The van der Waals surface area contributed by atoms with Crippen molar-refractivity contribution in [2.75, 3.05) is 13.2 Å². The second kappa shape index (κ2) is 47.1. The van der Waals surface area contributed by atoms with Gasteiger partial charge in [-0.15, -0.1) is 0 Å². The van der Waals surface area contributed by atoms with E-state index in [1.165, 1.54) is 193 Å². The third-order valence-electron chi connectivity index (χ3n) is 11.6. The molecular weight excluding hydrogens is 709 g/mol. The van der Waals surface area contributed by atoms with Crippen LogP contribution in [-0.2, 0) is 28.6 Å². The molecule has 0 unspecified atom stereocenters. The van der Waals surface area contributed by atoms with Crippen LogP contribution in [0.15, 0.2) is 0 Å². The number of hydrogen-bond acceptors (Lipinski definition) is 6. The van der Waals surface area contributed by atoms with E-state index in [0.29, 0.717) is 19.3 Å². The van der Waals surface area contributed by atoms with Crippen molar-refractivity contribution in [1.29, 1.82) is 0 Å². The summed E-state index contributed by atoms with van der Waals surface area (Å²) in [4.78, 5) is 37.9. The van der Waals surface area contributed by atoms with Crippen LogP contribution in [0.5, 0.6) is 0 Å². The van der Waals surface area contributed by atoms with Gasteiger partial charge in [-0.05, 0) is 19.3 Å². The largest absolute Gasteiger partial charge is 0.462 e. The van der Waals surface area contributed by atoms with Gasteiger partial charge in [-0.25, -0.2) is 0 Å². The first-order valence-electron chi connectivity index (χ1n) is 25.5. The predicted molar refractivity (Wildman–Crippen MR) is 243 cm³/mol. The van der Waals surface area contributed by atoms with Crippen LogP contribution in [-0.4, -0.2) is 37.2 Å². The molecular formula is C51H98O6. The van der Waals surface area contributed by atoms with E-state index < -0.39 is 6.10 Å². The third kappa shape index (κ3) is 45.3. The molecule has 0 radical (unpaired) electrons. The predicted octanol–water partition coefficient (Wildman–Crippen LogP) is 16.4. The van der Waals surface area contributed by atoms with Crippen LogP contribution in [0.3, 0.4) is 0 Å². The topological polar surface area (TPSA) is 78.9 Å². The molecule has 0 bridgehead atoms. The molecule has 0 saturated heterocycles. The Labute approximate surface area is 355 Å². The molecule has 0 N–H and O–H groups in total. The molecule has 0 aromatic carbocycles. The highest BCUT2D eigenvalue weighted by Gasteiger charge is 2.19. The summed E-state index contributed by atoms with van der Waals surface area (Å²) in [5.74, 6) is -0.843. The SMILES string of the molecule is CCCCCCCCCCCCCCCCCCC(=O)OC[C@@H](COC(=O)CCCCCCCCCCCCC)OC(=O)CCCCCCCCCCCCCC. The van der Waals surface area contributed by atoms with Gasteiger partial charge in [0.05, 0.1) is 0 Å². The van der Waals surface area contributed by atoms with Gasteiger partial charge < -0.3 is 14.2 Å². The van der Waals surface area contributed by atoms with Gasteiger partial charge in [0.1, 0.15) is 13.2 Å². The zero-order valence-electron chi connectivity index (χ0n) is 38.6. The summed E-state index contributed by atoms with van der Waals surface area (Å²) in [6.07, 6.45) is 49.4. The molecule has 0 aromatic heterocycles. The summed E-state index contributed by atoms with van der Waals surface area (Å²) in [6, 6.07) is 0. The van der Waals surface area contributed by atoms with E-state index in [-0.39, 0.29) is 31.1 Å². The van der Waals surface area contributed by atoms with Gasteiger partial charge in [0.15, 0.2) is 6.10 Å². The van der Waals surface area contributed by atoms with Crippen LogP contribution >= 0.6 is 0 Å². The van der Waals surface area contributed by atoms with Crippen LogP contribution in [0.1, 0.15) is 290 Å². The fourth-order valence-corrected chi connectivity index (χ4v) is 7.74. The lowest BCUT2D eigenvalue weighted by Gasteiger charge is -2.18. The van der Waals surface area contributed by atoms with E-state index in [0.717, 1.165) is 57.8 Å². The average Bonchev–Trinajstić information content (AvgIpc) is 3.21. The van der Waals surface area contributed by atoms with Crippen molar-refractivity contribution in [2.24, 2.45) is 0 Å². The molecule has 0 aliphatic rings. The van der Waals surface area contributed by atoms with Crippen molar-refractivity contribution in [1.82, 2.24) is 0 Å². The summed E-state index contributed by atoms with van der Waals surface area (Å²) in [7, 11) is 0. The van der Waals surface area contributed by atoms with Gasteiger partial charge in [-0.2, -0.15) is 0 Å². The van der Waals surface area contributed by atoms with Crippen LogP contribution in [0, 0.1) is 0 Å². The summed E-state index contributed by atoms with van der Waals surface area (Å²) in [6.45, 7) is 6.67. The van der Waals surface area contributed by atoms with Gasteiger partial charge in [0.25, 0.3) is 0 Å². The molecule has 0 amide bonds. The molecule has 0 spiro atoms. The molecule has 0 heterocycles. The molecule has 0 fully saturated rings. The molecule has 0 aliphatic carbocycles. The van der Waals surface area contributed by atoms with E-state index >= 15 is 0 Å². The smallest absolute Gasteiger partial charge is 0.306 e. The third-order valence-corrected chi connectivity index (χ3v) is 11.6. The summed E-state index contributed by atoms with van der Waals surface area (Å²) < 4.78 is 16.8. The quantitative estimate of drug-likeness (QED) is 0.0346. The summed E-state index contributed by atoms with van der Waals surface area (Å²) >= 11 is 0. The first-order chi connectivity index (χ1) is 28.0. The summed E-state index contributed by atoms with van der Waals surface area (Å²) in [5, 5.41) is 0. The van der Waals surface area contributed by atoms with Gasteiger partial charge >= 0.3 is 17.9 Å². The number of unbranched alkanes of at least 4 members (excludes halogenated alkanes) is 36. The lowest BCUT2D eigenvalue weighted by Crippen LogP contribution is -2.30. The lowest BCUT2D eigenvalue weighted by molar-refractivity contribution is -0.167. The number of rotatable bonds is 47. The maximum Gasteiger partial charge on any atom is 0.306 e. The van der Waals surface area contributed by atoms with E-state index in [1.807, 2.05) is 0 Å². The van der Waals surface area contributed by atoms with Crippen molar-refractivity contribution in [3.63, 3.8) is 0 Å². The highest BCUT2D eigenvalue weighted by atomic mass is 16.6. The minimum Gasteiger partial charge on any atom is -0.462 e. The number of carbonyl (C=O) groups is 3. The first-order valence-corrected chi connectivity index (χ1v) is 25.5. The van der Waals surface area contributed by atoms with Crippen molar-refractivity contribution in [3.8, 4) is 0 Å². The zero-order chi connectivity index (χ0) is 41.5. The molecule has 0 rings (SSSR count). The van der Waals surface area contributed by atoms with Crippen molar-refractivity contribution in [2.45, 2.75) is 297 Å². The second-order valence-corrected chi connectivity index (χ2v) is 17.5. The van der Waals surface area contributed by atoms with Crippen LogP contribution in [0.4, 0.5) is 0 Å². The minimum absolute atomic E-state index is 0.0619. The molecule has 338 valence electrons. The normalized spacial score (nSPS) is 11.8. The van der Waals surface area contributed by atoms with E-state index in [1.54, 1.807) is 0 Å². The van der Waals surface area contributed by atoms with Crippen molar-refractivity contribution < 1.29 is 28.6 Å². The molecule has 0 aromatic rings. The van der Waals surface area contributed by atoms with E-state index in [4.69, 9.17) is 14.2 Å². The Balaban J connectivity index is 4.28. The van der Waals surface area contributed by atoms with Crippen LogP contribution in [0.25, 0.3) is 0 Å². The molecule has 1 atom stereocenters. The molecule has 6 nitrogen and oxygen atoms in total. The Morgan fingerprint density at radius 1 is 0.281 bits per heavy atom. The zero-order valence-corrected chi connectivity index (χ0v) is 38.6. The Bertz CT molecular complexity index is 844. The van der Waals surface area contributed by atoms with Gasteiger partial charge in [-0.1, -0.05) is 252 Å². The van der Waals surface area contributed by atoms with Gasteiger partial charge in [0.2, 0.25) is 0 Å². The molecule has 57 heavy (non-hydrogen) atoms. The second-order valence-electron chi connectivity index (χ2n) is 17.5. The average molecular weight is 807 g/mol. The van der Waals surface area contributed by atoms with Crippen molar-refractivity contribution >= 4 is 17.9 Å². The van der Waals surface area contributed by atoms with Crippen LogP contribution in [0.2, 0.25) is 0 Å². The number of carbonyl (C=O) groups excluding carboxylic acids is 3. The van der Waals surface area contributed by atoms with Gasteiger partial charge in [-0.3, -0.25) is 14.4 Å². The fraction of sp³-hybridized carbons (Fsp3) is 0.941. The number of esters is 3. The van der Waals surface area contributed by atoms with Gasteiger partial charge in [0, 0.05) is 19.3 Å². The highest BCUT2D eigenvalue weighted by molar-refractivity contribution is 5.71. The fourth-order valence-electron chi connectivity index (χ4n) is 7.74. The molecule has 6 heteroatoms. The maximum atomic E-state index is 12.7. The molecule has 0 aliphatic heterocycles. The highest BCUT2D eigenvalue weighted by Crippen LogP contribution is 2.17. The lowest BCUT2D eigenvalue weighted by atomic mass is 10.0. The van der Waals surface area contributed by atoms with E-state index in [9.17, 15) is 14.4 Å². The maximum absolute atomic E-state index is 12.7. The number of hydrogen-bond donors (Lipinski definition) is 0. The first kappa shape index (κ1) is 55.4. The molecule has 0 saturated carbocycles. The monoisotopic (exact) mass is 807 g/mol. The van der Waals surface area contributed by atoms with Crippen molar-refractivity contribution in [3.05, 3.63) is 0 Å². The number of ether oxygens (including phenoxy) is 3. The Hall–Kier alpha value is -1.59. The van der Waals surface area contributed by atoms with Crippen LogP contribution < -0.4 is 0 Å².